The van der Waals surface area contributed by atoms with Gasteiger partial charge in [-0.25, -0.2) is 0 Å². The summed E-state index contributed by atoms with van der Waals surface area (Å²) in [4.78, 5) is 6.93. The summed E-state index contributed by atoms with van der Waals surface area (Å²) < 4.78 is 10.7. The summed E-state index contributed by atoms with van der Waals surface area (Å²) in [5, 5.41) is 3.14. The fourth-order valence-corrected chi connectivity index (χ4v) is 2.67. The van der Waals surface area contributed by atoms with Crippen molar-refractivity contribution in [2.45, 2.75) is 25.9 Å². The van der Waals surface area contributed by atoms with E-state index in [-0.39, 0.29) is 12.1 Å². The van der Waals surface area contributed by atoms with E-state index < -0.39 is 0 Å². The molecule has 128 valence electrons. The molecule has 6 heteroatoms. The van der Waals surface area contributed by atoms with E-state index in [1.165, 1.54) is 5.56 Å². The number of hydrogen-bond donors (Lipinski definition) is 2. The van der Waals surface area contributed by atoms with Crippen LogP contribution in [0.5, 0.6) is 5.75 Å². The predicted molar refractivity (Wildman–Crippen MR) is 92.9 cm³/mol. The molecule has 3 N–H and O–H groups in total. The van der Waals surface area contributed by atoms with Crippen LogP contribution < -0.4 is 15.8 Å². The van der Waals surface area contributed by atoms with Gasteiger partial charge in [-0.2, -0.15) is 0 Å². The highest BCUT2D eigenvalue weighted by Crippen LogP contribution is 2.24. The van der Waals surface area contributed by atoms with Crippen LogP contribution in [0.2, 0.25) is 0 Å². The Morgan fingerprint density at radius 2 is 1.96 bits per heavy atom. The van der Waals surface area contributed by atoms with Crippen molar-refractivity contribution in [1.82, 2.24) is 10.2 Å². The maximum Gasteiger partial charge on any atom is 0.188 e. The van der Waals surface area contributed by atoms with Crippen LogP contribution in [-0.4, -0.2) is 56.9 Å². The highest BCUT2D eigenvalue weighted by Gasteiger charge is 2.22. The summed E-state index contributed by atoms with van der Waals surface area (Å²) >= 11 is 0. The Hall–Kier alpha value is -1.79. The van der Waals surface area contributed by atoms with E-state index in [9.17, 15) is 0 Å². The van der Waals surface area contributed by atoms with Crippen molar-refractivity contribution in [3.05, 3.63) is 29.8 Å². The number of nitrogens with zero attached hydrogens (tertiary/aromatic N) is 2. The number of nitrogens with one attached hydrogen (secondary N) is 1. The lowest BCUT2D eigenvalue weighted by molar-refractivity contribution is 0.0179. The highest BCUT2D eigenvalue weighted by molar-refractivity contribution is 5.78. The third-order valence-electron chi connectivity index (χ3n) is 3.86. The van der Waals surface area contributed by atoms with E-state index >= 15 is 0 Å². The average Bonchev–Trinajstić information content (AvgIpc) is 2.56. The maximum absolute atomic E-state index is 5.95. The standard InChI is InChI=1S/C17H28N4O2/c1-13(2)20-17(18)19-12-16(21-8-10-23-11-9-21)14-4-6-15(22-3)7-5-14/h4-7,13,16H,8-12H2,1-3H3,(H3,18,19,20). The van der Waals surface area contributed by atoms with E-state index in [2.05, 4.69) is 27.3 Å². The molecule has 1 atom stereocenters. The Kier molecular flexibility index (Phi) is 6.67. The second-order valence-corrected chi connectivity index (χ2v) is 5.96. The maximum atomic E-state index is 5.95. The van der Waals surface area contributed by atoms with Crippen LogP contribution in [0.25, 0.3) is 0 Å². The molecule has 1 aromatic carbocycles. The second kappa shape index (κ2) is 8.74. The fraction of sp³-hybridized carbons (Fsp3) is 0.588. The van der Waals surface area contributed by atoms with Crippen molar-refractivity contribution in [2.24, 2.45) is 10.7 Å². The summed E-state index contributed by atoms with van der Waals surface area (Å²) in [7, 11) is 1.68. The smallest absolute Gasteiger partial charge is 0.188 e. The van der Waals surface area contributed by atoms with Gasteiger partial charge in [0.2, 0.25) is 0 Å². The lowest BCUT2D eigenvalue weighted by Gasteiger charge is -2.34. The Morgan fingerprint density at radius 1 is 1.30 bits per heavy atom. The van der Waals surface area contributed by atoms with Gasteiger partial charge in [0.1, 0.15) is 5.75 Å². The van der Waals surface area contributed by atoms with Gasteiger partial charge < -0.3 is 20.5 Å². The first-order chi connectivity index (χ1) is 11.1. The summed E-state index contributed by atoms with van der Waals surface area (Å²) in [6.07, 6.45) is 0. The first-order valence-electron chi connectivity index (χ1n) is 8.12. The van der Waals surface area contributed by atoms with Gasteiger partial charge in [-0.3, -0.25) is 9.89 Å². The largest absolute Gasteiger partial charge is 0.497 e. The van der Waals surface area contributed by atoms with Gasteiger partial charge in [0, 0.05) is 19.1 Å². The van der Waals surface area contributed by atoms with Gasteiger partial charge in [0.05, 0.1) is 32.9 Å². The van der Waals surface area contributed by atoms with Crippen molar-refractivity contribution in [3.63, 3.8) is 0 Å². The zero-order chi connectivity index (χ0) is 16.7. The number of rotatable bonds is 6. The zero-order valence-electron chi connectivity index (χ0n) is 14.3. The van der Waals surface area contributed by atoms with Crippen LogP contribution in [0, 0.1) is 0 Å². The molecule has 1 unspecified atom stereocenters. The summed E-state index contributed by atoms with van der Waals surface area (Å²) in [5.41, 5.74) is 7.17. The number of guanidine groups is 1. The number of ether oxygens (including phenoxy) is 2. The third kappa shape index (κ3) is 5.41. The molecular weight excluding hydrogens is 292 g/mol. The molecule has 0 spiro atoms. The van der Waals surface area contributed by atoms with E-state index in [0.29, 0.717) is 12.5 Å². The second-order valence-electron chi connectivity index (χ2n) is 5.96. The summed E-state index contributed by atoms with van der Waals surface area (Å²) in [6.45, 7) is 8.05. The Balaban J connectivity index is 2.13. The van der Waals surface area contributed by atoms with Crippen LogP contribution in [0.3, 0.4) is 0 Å². The average molecular weight is 320 g/mol. The zero-order valence-corrected chi connectivity index (χ0v) is 14.3. The Bertz CT molecular complexity index is 496. The third-order valence-corrected chi connectivity index (χ3v) is 3.86. The summed E-state index contributed by atoms with van der Waals surface area (Å²) in [6, 6.07) is 8.64. The van der Waals surface area contributed by atoms with Crippen molar-refractivity contribution < 1.29 is 9.47 Å². The van der Waals surface area contributed by atoms with E-state index in [0.717, 1.165) is 32.1 Å². The molecule has 23 heavy (non-hydrogen) atoms. The van der Waals surface area contributed by atoms with Crippen LogP contribution in [0.1, 0.15) is 25.5 Å². The minimum Gasteiger partial charge on any atom is -0.497 e. The summed E-state index contributed by atoms with van der Waals surface area (Å²) in [5.74, 6) is 1.35. The van der Waals surface area contributed by atoms with Crippen molar-refractivity contribution in [2.75, 3.05) is 40.0 Å². The quantitative estimate of drug-likeness (QED) is 0.612. The molecule has 0 bridgehead atoms. The number of morpholine rings is 1. The molecule has 1 fully saturated rings. The highest BCUT2D eigenvalue weighted by atomic mass is 16.5. The number of hydrogen-bond acceptors (Lipinski definition) is 4. The van der Waals surface area contributed by atoms with Gasteiger partial charge in [-0.05, 0) is 31.5 Å². The van der Waals surface area contributed by atoms with E-state index in [4.69, 9.17) is 15.2 Å². The van der Waals surface area contributed by atoms with Crippen LogP contribution in [0.15, 0.2) is 29.3 Å². The van der Waals surface area contributed by atoms with Crippen molar-refractivity contribution in [1.29, 1.82) is 0 Å². The number of benzene rings is 1. The Morgan fingerprint density at radius 3 is 2.52 bits per heavy atom. The molecule has 0 aliphatic carbocycles. The molecule has 1 aliphatic heterocycles. The lowest BCUT2D eigenvalue weighted by atomic mass is 10.0. The molecule has 1 saturated heterocycles. The minimum absolute atomic E-state index is 0.192. The molecule has 0 amide bonds. The lowest BCUT2D eigenvalue weighted by Crippen LogP contribution is -2.41. The molecule has 0 saturated carbocycles. The molecule has 1 heterocycles. The van der Waals surface area contributed by atoms with Gasteiger partial charge in [0.25, 0.3) is 0 Å². The molecule has 1 aromatic rings. The van der Waals surface area contributed by atoms with Gasteiger partial charge in [-0.1, -0.05) is 12.1 Å². The van der Waals surface area contributed by atoms with Gasteiger partial charge in [0.15, 0.2) is 5.96 Å². The molecule has 2 rings (SSSR count). The van der Waals surface area contributed by atoms with Gasteiger partial charge >= 0.3 is 0 Å². The monoisotopic (exact) mass is 320 g/mol. The Labute approximate surface area is 138 Å². The topological polar surface area (TPSA) is 72.1 Å². The molecule has 1 aliphatic rings. The van der Waals surface area contributed by atoms with Crippen molar-refractivity contribution >= 4 is 5.96 Å². The number of aliphatic imine (C=N–C) groups is 1. The minimum atomic E-state index is 0.192. The van der Waals surface area contributed by atoms with Crippen LogP contribution in [-0.2, 0) is 4.74 Å². The number of methoxy groups -OCH3 is 1. The first-order valence-corrected chi connectivity index (χ1v) is 8.12. The van der Waals surface area contributed by atoms with Crippen LogP contribution >= 0.6 is 0 Å². The normalized spacial score (nSPS) is 18.0. The van der Waals surface area contributed by atoms with Gasteiger partial charge in [-0.15, -0.1) is 0 Å². The van der Waals surface area contributed by atoms with Crippen LogP contribution in [0.4, 0.5) is 0 Å². The SMILES string of the molecule is COc1ccc(C(CN=C(N)NC(C)C)N2CCOCC2)cc1. The molecule has 6 nitrogen and oxygen atoms in total. The molecule has 0 radical (unpaired) electrons. The van der Waals surface area contributed by atoms with E-state index in [1.54, 1.807) is 7.11 Å². The fourth-order valence-electron chi connectivity index (χ4n) is 2.67. The predicted octanol–water partition coefficient (Wildman–Crippen LogP) is 1.38. The van der Waals surface area contributed by atoms with Crippen molar-refractivity contribution in [3.8, 4) is 5.75 Å². The first kappa shape index (κ1) is 17.6. The molecule has 0 aromatic heterocycles. The molecular formula is C17H28N4O2. The van der Waals surface area contributed by atoms with E-state index in [1.807, 2.05) is 26.0 Å². The number of nitrogens with two attached hydrogens (primary N) is 1.